The molecule has 0 radical (unpaired) electrons. The normalized spacial score (nSPS) is 36.3. The van der Waals surface area contributed by atoms with Crippen molar-refractivity contribution < 1.29 is 29.0 Å². The smallest absolute Gasteiger partial charge is 0.328 e. The van der Waals surface area contributed by atoms with Gasteiger partial charge in [0.2, 0.25) is 0 Å². The van der Waals surface area contributed by atoms with E-state index in [4.69, 9.17) is 9.47 Å². The summed E-state index contributed by atoms with van der Waals surface area (Å²) >= 11 is 0. The maximum absolute atomic E-state index is 13.4. The number of carbonyl (C=O) groups is 3. The van der Waals surface area contributed by atoms with Crippen LogP contribution < -0.4 is 0 Å². The molecule has 5 aliphatic rings. The van der Waals surface area contributed by atoms with E-state index < -0.39 is 5.97 Å². The molecular formula is C45H63N3O6. The fourth-order valence-corrected chi connectivity index (χ4v) is 13.1. The number of aliphatic carboxylic acids is 1. The molecular weight excluding hydrogens is 679 g/mol. The Kier molecular flexibility index (Phi) is 9.99. The van der Waals surface area contributed by atoms with Crippen LogP contribution in [0.2, 0.25) is 0 Å². The Hall–Kier alpha value is -3.49. The molecule has 5 aliphatic carbocycles. The molecule has 0 spiro atoms. The van der Waals surface area contributed by atoms with E-state index in [9.17, 15) is 19.5 Å². The predicted molar refractivity (Wildman–Crippen MR) is 206 cm³/mol. The lowest BCUT2D eigenvalue weighted by atomic mass is 9.33. The number of carboxylic acids is 1. The molecule has 294 valence electrons. The van der Waals surface area contributed by atoms with Gasteiger partial charge >= 0.3 is 17.9 Å². The largest absolute Gasteiger partial charge is 0.481 e. The van der Waals surface area contributed by atoms with Gasteiger partial charge < -0.3 is 14.6 Å². The molecule has 9 nitrogen and oxygen atoms in total. The van der Waals surface area contributed by atoms with Crippen molar-refractivity contribution in [1.82, 2.24) is 15.0 Å². The molecule has 4 saturated carbocycles. The van der Waals surface area contributed by atoms with Gasteiger partial charge in [0.1, 0.15) is 24.9 Å². The van der Waals surface area contributed by atoms with Crippen LogP contribution in [0.1, 0.15) is 137 Å². The Morgan fingerprint density at radius 2 is 1.63 bits per heavy atom. The van der Waals surface area contributed by atoms with Crippen molar-refractivity contribution in [2.45, 2.75) is 151 Å². The van der Waals surface area contributed by atoms with Gasteiger partial charge in [-0.15, -0.1) is 5.10 Å². The summed E-state index contributed by atoms with van der Waals surface area (Å²) in [6.45, 7) is 17.0. The van der Waals surface area contributed by atoms with Crippen LogP contribution in [0, 0.1) is 50.2 Å². The topological polar surface area (TPSA) is 121 Å². The predicted octanol–water partition coefficient (Wildman–Crippen LogP) is 9.14. The van der Waals surface area contributed by atoms with Gasteiger partial charge in [-0.2, -0.15) is 0 Å². The summed E-state index contributed by atoms with van der Waals surface area (Å²) in [5, 5.41) is 18.3. The van der Waals surface area contributed by atoms with E-state index in [0.29, 0.717) is 36.3 Å². The van der Waals surface area contributed by atoms with Crippen LogP contribution in [0.4, 0.5) is 0 Å². The third kappa shape index (κ3) is 6.73. The first-order valence-electron chi connectivity index (χ1n) is 20.6. The van der Waals surface area contributed by atoms with Crippen molar-refractivity contribution >= 4 is 17.9 Å². The van der Waals surface area contributed by atoms with Crippen LogP contribution >= 0.6 is 0 Å². The Labute approximate surface area is 322 Å². The SMILES string of the molecule is CC1(C)CC[C@]2(CC(=O)O)CC[C@]3(C)C(=CC[C@@H]4[C@@]5(C)CC[C@H](OC(=O)Cn6cc(COC(=O)CCc7ccccc7)nn6)C(C)(C)C5CC[C@]43C)[C@H]2C1. The number of ether oxygens (including phenoxy) is 2. The van der Waals surface area contributed by atoms with Crippen molar-refractivity contribution in [2.24, 2.45) is 50.2 Å². The first-order valence-corrected chi connectivity index (χ1v) is 20.6. The van der Waals surface area contributed by atoms with Crippen LogP contribution in [-0.2, 0) is 43.4 Å². The number of nitrogens with zero attached hydrogens (tertiary/aromatic N) is 3. The maximum atomic E-state index is 13.4. The third-order valence-electron chi connectivity index (χ3n) is 16.2. The summed E-state index contributed by atoms with van der Waals surface area (Å²) < 4.78 is 13.2. The van der Waals surface area contributed by atoms with E-state index in [1.165, 1.54) is 4.68 Å². The summed E-state index contributed by atoms with van der Waals surface area (Å²) in [4.78, 5) is 38.0. The number of benzene rings is 1. The zero-order chi connectivity index (χ0) is 38.7. The lowest BCUT2D eigenvalue weighted by Crippen LogP contribution is -2.65. The summed E-state index contributed by atoms with van der Waals surface area (Å²) in [6, 6.07) is 9.83. The van der Waals surface area contributed by atoms with E-state index in [1.54, 1.807) is 11.8 Å². The van der Waals surface area contributed by atoms with Crippen LogP contribution in [0.15, 0.2) is 48.2 Å². The molecule has 0 bridgehead atoms. The average molecular weight is 742 g/mol. The Balaban J connectivity index is 1.00. The van der Waals surface area contributed by atoms with Crippen molar-refractivity contribution in [1.29, 1.82) is 0 Å². The molecule has 9 heteroatoms. The number of aromatic nitrogens is 3. The highest BCUT2D eigenvalue weighted by molar-refractivity contribution is 5.70. The van der Waals surface area contributed by atoms with Gasteiger partial charge in [0.25, 0.3) is 0 Å². The second-order valence-electron chi connectivity index (χ2n) is 20.0. The number of carbonyl (C=O) groups excluding carboxylic acids is 2. The lowest BCUT2D eigenvalue weighted by molar-refractivity contribution is -0.213. The monoisotopic (exact) mass is 741 g/mol. The van der Waals surface area contributed by atoms with Crippen LogP contribution in [0.25, 0.3) is 0 Å². The second kappa shape index (κ2) is 13.9. The third-order valence-corrected chi connectivity index (χ3v) is 16.2. The second-order valence-corrected chi connectivity index (χ2v) is 20.0. The lowest BCUT2D eigenvalue weighted by Gasteiger charge is -2.71. The van der Waals surface area contributed by atoms with Crippen molar-refractivity contribution in [3.63, 3.8) is 0 Å². The minimum atomic E-state index is -0.643. The van der Waals surface area contributed by atoms with Gasteiger partial charge in [0.15, 0.2) is 0 Å². The maximum Gasteiger partial charge on any atom is 0.328 e. The van der Waals surface area contributed by atoms with Crippen molar-refractivity contribution in [2.75, 3.05) is 0 Å². The zero-order valence-corrected chi connectivity index (χ0v) is 33.8. The van der Waals surface area contributed by atoms with Gasteiger partial charge in [-0.1, -0.05) is 95.7 Å². The molecule has 1 N–H and O–H groups in total. The number of carboxylic acid groups (broad SMARTS) is 1. The molecule has 1 aromatic carbocycles. The molecule has 0 saturated heterocycles. The molecule has 2 aromatic rings. The highest BCUT2D eigenvalue weighted by atomic mass is 16.5. The van der Waals surface area contributed by atoms with Gasteiger partial charge in [-0.25, -0.2) is 4.68 Å². The number of allylic oxidation sites excluding steroid dienone is 2. The summed E-state index contributed by atoms with van der Waals surface area (Å²) in [5.41, 5.74) is 3.34. The molecule has 0 aliphatic heterocycles. The Bertz CT molecular complexity index is 1780. The van der Waals surface area contributed by atoms with E-state index in [0.717, 1.165) is 69.8 Å². The first-order chi connectivity index (χ1) is 25.4. The average Bonchev–Trinajstić information content (AvgIpc) is 3.55. The van der Waals surface area contributed by atoms with Crippen molar-refractivity contribution in [3.05, 3.63) is 59.4 Å². The Morgan fingerprint density at radius 3 is 2.37 bits per heavy atom. The molecule has 0 amide bonds. The molecule has 1 aromatic heterocycles. The van der Waals surface area contributed by atoms with Crippen LogP contribution in [-0.4, -0.2) is 44.1 Å². The van der Waals surface area contributed by atoms with E-state index in [2.05, 4.69) is 64.9 Å². The first kappa shape index (κ1) is 38.8. The number of rotatable bonds is 10. The molecule has 54 heavy (non-hydrogen) atoms. The number of hydrogen-bond acceptors (Lipinski definition) is 7. The fraction of sp³-hybridized carbons (Fsp3) is 0.711. The number of hydrogen-bond donors (Lipinski definition) is 1. The van der Waals surface area contributed by atoms with Crippen molar-refractivity contribution in [3.8, 4) is 0 Å². The molecule has 4 fully saturated rings. The standard InChI is InChI=1S/C45H63N3O6/c1-40(2)21-23-45(26-37(49)50)24-22-43(6)32(33(45)25-40)14-15-35-42(5)19-18-36(41(3,4)34(42)17-20-44(35,43)7)54-39(52)28-48-27-31(46-47-48)29-53-38(51)16-13-30-11-9-8-10-12-30/h8-12,14,27,33-36H,13,15-26,28-29H2,1-7H3,(H,49,50)/t33-,34?,35-,36+,42+,43-,44-,45-/m1/s1. The van der Waals surface area contributed by atoms with Gasteiger partial charge in [-0.3, -0.25) is 14.4 Å². The summed E-state index contributed by atoms with van der Waals surface area (Å²) in [7, 11) is 0. The quantitative estimate of drug-likeness (QED) is 0.189. The molecule has 1 unspecified atom stereocenters. The van der Waals surface area contributed by atoms with Crippen LogP contribution in [0.3, 0.4) is 0 Å². The highest BCUT2D eigenvalue weighted by Gasteiger charge is 2.68. The fourth-order valence-electron chi connectivity index (χ4n) is 13.1. The minimum absolute atomic E-state index is 0.0102. The van der Waals surface area contributed by atoms with Gasteiger partial charge in [-0.05, 0) is 121 Å². The van der Waals surface area contributed by atoms with E-state index >= 15 is 0 Å². The minimum Gasteiger partial charge on any atom is -0.481 e. The highest BCUT2D eigenvalue weighted by Crippen LogP contribution is 2.76. The van der Waals surface area contributed by atoms with Crippen LogP contribution in [0.5, 0.6) is 0 Å². The molecule has 8 atom stereocenters. The zero-order valence-electron chi connectivity index (χ0n) is 33.8. The summed E-state index contributed by atoms with van der Waals surface area (Å²) in [5.74, 6) is -0.00797. The molecule has 7 rings (SSSR count). The van der Waals surface area contributed by atoms with E-state index in [1.807, 2.05) is 30.3 Å². The Morgan fingerprint density at radius 1 is 0.889 bits per heavy atom. The number of esters is 2. The number of aryl methyl sites for hydroxylation is 1. The summed E-state index contributed by atoms with van der Waals surface area (Å²) in [6.07, 6.45) is 15.7. The molecule has 1 heterocycles. The number of fused-ring (bicyclic) bond motifs is 7. The van der Waals surface area contributed by atoms with E-state index in [-0.39, 0.29) is 70.1 Å². The van der Waals surface area contributed by atoms with Gasteiger partial charge in [0.05, 0.1) is 12.6 Å². The van der Waals surface area contributed by atoms with Gasteiger partial charge in [0, 0.05) is 11.8 Å².